The van der Waals surface area contributed by atoms with Crippen molar-refractivity contribution in [3.63, 3.8) is 0 Å². The van der Waals surface area contributed by atoms with E-state index < -0.39 is 34.5 Å². The standard InChI is InChI=1S/C35H22ClF3N6O2S/c1-21-27(36)13-7-14-28(21)42-32(46)25(18-40)34-45(29-15-6-5-12-26(29)35(37,38)39)33(47)30(48-34)17-23-20-44(24-10-3-2-4-11-24)43-31(23)22-9-8-16-41-19-22/h2-17,19-20H,1H3,(H,42,46)/b30-17-,34-25+. The maximum Gasteiger partial charge on any atom is 0.418 e. The van der Waals surface area contributed by atoms with Crippen molar-refractivity contribution in [3.05, 3.63) is 145 Å². The number of amides is 1. The third kappa shape index (κ3) is 6.29. The molecule has 0 bridgehead atoms. The molecule has 6 rings (SSSR count). The summed E-state index contributed by atoms with van der Waals surface area (Å²) < 4.78 is 44.8. The zero-order valence-corrected chi connectivity index (χ0v) is 26.4. The number of carbonyl (C=O) groups excluding carboxylic acids is 1. The molecule has 13 heteroatoms. The van der Waals surface area contributed by atoms with Crippen molar-refractivity contribution in [3.8, 4) is 28.7 Å². The molecule has 3 heterocycles. The lowest BCUT2D eigenvalue weighted by molar-refractivity contribution is -0.137. The topological polar surface area (TPSA) is 106 Å². The Bertz CT molecular complexity index is 2400. The lowest BCUT2D eigenvalue weighted by Gasteiger charge is -2.13. The molecule has 0 unspecified atom stereocenters. The van der Waals surface area contributed by atoms with Gasteiger partial charge in [0.25, 0.3) is 11.5 Å². The second-order valence-corrected chi connectivity index (χ2v) is 11.8. The van der Waals surface area contributed by atoms with Crippen LogP contribution >= 0.6 is 22.9 Å². The monoisotopic (exact) mass is 682 g/mol. The first kappa shape index (κ1) is 32.2. The van der Waals surface area contributed by atoms with Gasteiger partial charge in [-0.1, -0.05) is 48.0 Å². The van der Waals surface area contributed by atoms with Crippen LogP contribution in [0.5, 0.6) is 0 Å². The number of anilines is 1. The van der Waals surface area contributed by atoms with Gasteiger partial charge >= 0.3 is 6.18 Å². The van der Waals surface area contributed by atoms with Crippen LogP contribution in [0.3, 0.4) is 0 Å². The van der Waals surface area contributed by atoms with Gasteiger partial charge in [-0.2, -0.15) is 23.5 Å². The predicted octanol–water partition coefficient (Wildman–Crippen LogP) is 6.27. The summed E-state index contributed by atoms with van der Waals surface area (Å²) in [5.74, 6) is -0.929. The number of hydrogen-bond donors (Lipinski definition) is 1. The zero-order chi connectivity index (χ0) is 34.0. The minimum atomic E-state index is -4.85. The first-order valence-corrected chi connectivity index (χ1v) is 15.4. The van der Waals surface area contributed by atoms with Gasteiger partial charge in [0, 0.05) is 40.4 Å². The molecule has 48 heavy (non-hydrogen) atoms. The van der Waals surface area contributed by atoms with E-state index in [-0.39, 0.29) is 9.20 Å². The van der Waals surface area contributed by atoms with Crippen LogP contribution in [0.4, 0.5) is 18.9 Å². The van der Waals surface area contributed by atoms with Gasteiger partial charge < -0.3 is 5.32 Å². The average molecular weight is 683 g/mol. The Hall–Kier alpha value is -5.77. The van der Waals surface area contributed by atoms with Crippen molar-refractivity contribution in [2.24, 2.45) is 0 Å². The average Bonchev–Trinajstić information content (AvgIpc) is 3.65. The van der Waals surface area contributed by atoms with Crippen LogP contribution in [0.15, 0.2) is 108 Å². The Kier molecular flexibility index (Phi) is 8.82. The molecular weight excluding hydrogens is 661 g/mol. The van der Waals surface area contributed by atoms with Gasteiger partial charge in [0.1, 0.15) is 16.4 Å². The van der Waals surface area contributed by atoms with E-state index in [0.29, 0.717) is 44.4 Å². The van der Waals surface area contributed by atoms with E-state index >= 15 is 0 Å². The molecule has 1 amide bonds. The Labute approximate surface area is 279 Å². The Morgan fingerprint density at radius 1 is 1.02 bits per heavy atom. The number of rotatable bonds is 6. The highest BCUT2D eigenvalue weighted by Crippen LogP contribution is 2.33. The lowest BCUT2D eigenvalue weighted by Crippen LogP contribution is -2.33. The molecule has 8 nitrogen and oxygen atoms in total. The highest BCUT2D eigenvalue weighted by atomic mass is 35.5. The lowest BCUT2D eigenvalue weighted by atomic mass is 10.1. The number of nitrogens with zero attached hydrogens (tertiary/aromatic N) is 5. The van der Waals surface area contributed by atoms with Gasteiger partial charge in [-0.3, -0.25) is 19.1 Å². The summed E-state index contributed by atoms with van der Waals surface area (Å²) in [5, 5.41) is 17.9. The summed E-state index contributed by atoms with van der Waals surface area (Å²) in [6.45, 7) is 1.66. The molecule has 0 aliphatic carbocycles. The van der Waals surface area contributed by atoms with Crippen molar-refractivity contribution in [2.45, 2.75) is 13.1 Å². The molecule has 0 aliphatic heterocycles. The fraction of sp³-hybridized carbons (Fsp3) is 0.0571. The second-order valence-electron chi connectivity index (χ2n) is 10.4. The van der Waals surface area contributed by atoms with Crippen LogP contribution < -0.4 is 20.1 Å². The normalized spacial score (nSPS) is 12.5. The fourth-order valence-electron chi connectivity index (χ4n) is 4.97. The van der Waals surface area contributed by atoms with Crippen molar-refractivity contribution >= 4 is 46.2 Å². The number of halogens is 4. The van der Waals surface area contributed by atoms with E-state index in [4.69, 9.17) is 16.7 Å². The van der Waals surface area contributed by atoms with E-state index in [2.05, 4.69) is 10.3 Å². The molecule has 238 valence electrons. The zero-order valence-electron chi connectivity index (χ0n) is 24.9. The number of pyridine rings is 1. The van der Waals surface area contributed by atoms with E-state index in [1.807, 2.05) is 36.4 Å². The third-order valence-electron chi connectivity index (χ3n) is 7.33. The number of nitrogens with one attached hydrogen (secondary N) is 1. The first-order valence-electron chi connectivity index (χ1n) is 14.2. The summed E-state index contributed by atoms with van der Waals surface area (Å²) in [5.41, 5.74) is -0.0333. The predicted molar refractivity (Wildman–Crippen MR) is 178 cm³/mol. The highest BCUT2D eigenvalue weighted by Gasteiger charge is 2.34. The number of thiazole rings is 1. The number of aromatic nitrogens is 4. The van der Waals surface area contributed by atoms with Crippen LogP contribution in [-0.2, 0) is 11.0 Å². The molecular formula is C35H22ClF3N6O2S. The molecule has 6 aromatic rings. The quantitative estimate of drug-likeness (QED) is 0.223. The third-order valence-corrected chi connectivity index (χ3v) is 8.83. The number of carbonyl (C=O) groups is 1. The van der Waals surface area contributed by atoms with Gasteiger partial charge in [0.2, 0.25) is 0 Å². The van der Waals surface area contributed by atoms with Crippen molar-refractivity contribution in [1.82, 2.24) is 19.3 Å². The maximum atomic E-state index is 14.3. The van der Waals surface area contributed by atoms with Gasteiger partial charge in [0.05, 0.1) is 21.5 Å². The van der Waals surface area contributed by atoms with E-state index in [9.17, 15) is 28.0 Å². The number of hydrogen-bond acceptors (Lipinski definition) is 6. The largest absolute Gasteiger partial charge is 0.418 e. The summed E-state index contributed by atoms with van der Waals surface area (Å²) >= 11 is 6.92. The first-order chi connectivity index (χ1) is 23.1. The van der Waals surface area contributed by atoms with E-state index in [1.165, 1.54) is 18.2 Å². The molecule has 0 saturated carbocycles. The molecule has 0 fully saturated rings. The Morgan fingerprint density at radius 3 is 2.48 bits per heavy atom. The van der Waals surface area contributed by atoms with Crippen LogP contribution in [0.25, 0.3) is 34.3 Å². The number of benzene rings is 3. The minimum Gasteiger partial charge on any atom is -0.321 e. The Balaban J connectivity index is 1.64. The van der Waals surface area contributed by atoms with E-state index in [0.717, 1.165) is 22.4 Å². The van der Waals surface area contributed by atoms with E-state index in [1.54, 1.807) is 60.5 Å². The number of para-hydroxylation sites is 2. The van der Waals surface area contributed by atoms with Crippen molar-refractivity contribution < 1.29 is 18.0 Å². The van der Waals surface area contributed by atoms with Gasteiger partial charge in [-0.15, -0.1) is 11.3 Å². The van der Waals surface area contributed by atoms with Crippen LogP contribution in [0.1, 0.15) is 16.7 Å². The second kappa shape index (κ2) is 13.2. The summed E-state index contributed by atoms with van der Waals surface area (Å²) in [6, 6.07) is 23.8. The SMILES string of the molecule is Cc1c(Cl)cccc1NC(=O)/C(C#N)=c1/s/c(=C\c2cn(-c3ccccc3)nc2-c2cccnc2)c(=O)n1-c1ccccc1C(F)(F)F. The number of alkyl halides is 3. The molecule has 0 atom stereocenters. The van der Waals surface area contributed by atoms with Gasteiger partial charge in [-0.25, -0.2) is 4.68 Å². The molecule has 3 aromatic heterocycles. The van der Waals surface area contributed by atoms with Crippen LogP contribution in [-0.4, -0.2) is 25.2 Å². The summed E-state index contributed by atoms with van der Waals surface area (Å²) in [7, 11) is 0. The minimum absolute atomic E-state index is 0.0424. The number of nitriles is 1. The fourth-order valence-corrected chi connectivity index (χ4v) is 6.24. The van der Waals surface area contributed by atoms with Crippen molar-refractivity contribution in [2.75, 3.05) is 5.32 Å². The van der Waals surface area contributed by atoms with Crippen molar-refractivity contribution in [1.29, 1.82) is 5.26 Å². The molecule has 0 spiro atoms. The summed E-state index contributed by atoms with van der Waals surface area (Å²) in [4.78, 5) is 31.9. The summed E-state index contributed by atoms with van der Waals surface area (Å²) in [6.07, 6.45) is 1.49. The Morgan fingerprint density at radius 2 is 1.77 bits per heavy atom. The van der Waals surface area contributed by atoms with Crippen LogP contribution in [0, 0.1) is 18.3 Å². The maximum absolute atomic E-state index is 14.3. The highest BCUT2D eigenvalue weighted by molar-refractivity contribution is 7.07. The van der Waals surface area contributed by atoms with Gasteiger partial charge in [0.15, 0.2) is 5.57 Å². The molecule has 0 saturated heterocycles. The van der Waals surface area contributed by atoms with Gasteiger partial charge in [-0.05, 0) is 67.1 Å². The molecule has 3 aromatic carbocycles. The smallest absolute Gasteiger partial charge is 0.321 e. The molecule has 0 aliphatic rings. The molecule has 0 radical (unpaired) electrons. The molecule has 1 N–H and O–H groups in total. The van der Waals surface area contributed by atoms with Crippen LogP contribution in [0.2, 0.25) is 5.02 Å².